The van der Waals surface area contributed by atoms with Crippen molar-refractivity contribution in [2.45, 2.75) is 18.2 Å². The molecule has 1 aromatic rings. The van der Waals surface area contributed by atoms with Crippen LogP contribution >= 0.6 is 11.8 Å². The molecule has 2 amide bonds. The molecule has 114 valence electrons. The Morgan fingerprint density at radius 2 is 1.71 bits per heavy atom. The van der Waals surface area contributed by atoms with Crippen molar-refractivity contribution in [3.8, 4) is 0 Å². The molecule has 3 N–H and O–H groups in total. The Bertz CT molecular complexity index is 502. The topological polar surface area (TPSA) is 95.5 Å². The summed E-state index contributed by atoms with van der Waals surface area (Å²) in [6, 6.07) is 7.08. The summed E-state index contributed by atoms with van der Waals surface area (Å²) in [6.45, 7) is 2.23. The minimum absolute atomic E-state index is 0.00538. The van der Waals surface area contributed by atoms with Gasteiger partial charge in [-0.2, -0.15) is 0 Å². The van der Waals surface area contributed by atoms with E-state index < -0.39 is 5.97 Å². The Kier molecular flexibility index (Phi) is 7.31. The number of carbonyl (C=O) groups is 3. The van der Waals surface area contributed by atoms with Crippen molar-refractivity contribution < 1.29 is 19.5 Å². The van der Waals surface area contributed by atoms with Crippen LogP contribution in [0.25, 0.3) is 0 Å². The van der Waals surface area contributed by atoms with E-state index in [1.54, 1.807) is 24.3 Å². The van der Waals surface area contributed by atoms with Gasteiger partial charge in [0.05, 0.1) is 12.2 Å². The van der Waals surface area contributed by atoms with Gasteiger partial charge in [-0.05, 0) is 17.7 Å². The molecule has 0 unspecified atom stereocenters. The second-order valence-corrected chi connectivity index (χ2v) is 5.38. The molecule has 1 aromatic carbocycles. The SMILES string of the molecule is CC(=O)NCCNC(=O)CSc1ccc(CC(=O)O)cc1. The lowest BCUT2D eigenvalue weighted by molar-refractivity contribution is -0.136. The fraction of sp³-hybridized carbons (Fsp3) is 0.357. The molecule has 6 nitrogen and oxygen atoms in total. The maximum atomic E-state index is 11.6. The molecule has 7 heteroatoms. The van der Waals surface area contributed by atoms with Gasteiger partial charge in [-0.3, -0.25) is 14.4 Å². The summed E-state index contributed by atoms with van der Waals surface area (Å²) in [5.41, 5.74) is 0.728. The van der Waals surface area contributed by atoms with Crippen molar-refractivity contribution in [3.63, 3.8) is 0 Å². The van der Waals surface area contributed by atoms with Gasteiger partial charge in [0.15, 0.2) is 0 Å². The molecule has 0 aliphatic heterocycles. The fourth-order valence-electron chi connectivity index (χ4n) is 1.52. The molecule has 0 saturated carbocycles. The van der Waals surface area contributed by atoms with Crippen LogP contribution in [0.3, 0.4) is 0 Å². The van der Waals surface area contributed by atoms with Crippen molar-refractivity contribution in [1.82, 2.24) is 10.6 Å². The summed E-state index contributed by atoms with van der Waals surface area (Å²) < 4.78 is 0. The van der Waals surface area contributed by atoms with Crippen LogP contribution in [0.5, 0.6) is 0 Å². The Balaban J connectivity index is 2.26. The van der Waals surface area contributed by atoms with Crippen LogP contribution in [0.1, 0.15) is 12.5 Å². The van der Waals surface area contributed by atoms with Crippen LogP contribution in [0.4, 0.5) is 0 Å². The van der Waals surface area contributed by atoms with Crippen LogP contribution in [-0.2, 0) is 20.8 Å². The summed E-state index contributed by atoms with van der Waals surface area (Å²) in [7, 11) is 0. The molecule has 0 radical (unpaired) electrons. The average Bonchev–Trinajstić information content (AvgIpc) is 2.42. The van der Waals surface area contributed by atoms with Crippen LogP contribution in [-0.4, -0.2) is 41.7 Å². The van der Waals surface area contributed by atoms with Gasteiger partial charge in [0.1, 0.15) is 0 Å². The lowest BCUT2D eigenvalue weighted by Gasteiger charge is -2.06. The van der Waals surface area contributed by atoms with Crippen molar-refractivity contribution in [2.75, 3.05) is 18.8 Å². The van der Waals surface area contributed by atoms with Crippen LogP contribution in [0.2, 0.25) is 0 Å². The zero-order chi connectivity index (χ0) is 15.7. The highest BCUT2D eigenvalue weighted by Gasteiger charge is 2.04. The number of carbonyl (C=O) groups excluding carboxylic acids is 2. The molecule has 21 heavy (non-hydrogen) atoms. The first kappa shape index (κ1) is 17.0. The maximum absolute atomic E-state index is 11.6. The number of hydrogen-bond acceptors (Lipinski definition) is 4. The quantitative estimate of drug-likeness (QED) is 0.484. The smallest absolute Gasteiger partial charge is 0.307 e. The van der Waals surface area contributed by atoms with Crippen molar-refractivity contribution in [2.24, 2.45) is 0 Å². The van der Waals surface area contributed by atoms with E-state index in [0.29, 0.717) is 13.1 Å². The largest absolute Gasteiger partial charge is 0.481 e. The van der Waals surface area contributed by atoms with E-state index in [1.807, 2.05) is 0 Å². The Morgan fingerprint density at radius 1 is 1.10 bits per heavy atom. The van der Waals surface area contributed by atoms with E-state index >= 15 is 0 Å². The fourth-order valence-corrected chi connectivity index (χ4v) is 2.25. The van der Waals surface area contributed by atoms with E-state index in [1.165, 1.54) is 18.7 Å². The first-order valence-corrected chi connectivity index (χ1v) is 7.40. The number of hydrogen-bond donors (Lipinski definition) is 3. The summed E-state index contributed by atoms with van der Waals surface area (Å²) >= 11 is 1.37. The summed E-state index contributed by atoms with van der Waals surface area (Å²) in [4.78, 5) is 33.6. The molecule has 0 heterocycles. The van der Waals surface area contributed by atoms with Crippen LogP contribution in [0.15, 0.2) is 29.2 Å². The molecule has 0 aliphatic rings. The molecule has 0 fully saturated rings. The highest BCUT2D eigenvalue weighted by Crippen LogP contribution is 2.18. The van der Waals surface area contributed by atoms with E-state index in [2.05, 4.69) is 10.6 Å². The molecule has 0 saturated heterocycles. The summed E-state index contributed by atoms with van der Waals surface area (Å²) in [6.07, 6.45) is -0.00538. The molecule has 0 atom stereocenters. The zero-order valence-corrected chi connectivity index (χ0v) is 12.5. The third kappa shape index (κ3) is 7.98. The number of benzene rings is 1. The van der Waals surface area contributed by atoms with Crippen LogP contribution < -0.4 is 10.6 Å². The predicted molar refractivity (Wildman–Crippen MR) is 80.2 cm³/mol. The maximum Gasteiger partial charge on any atom is 0.307 e. The van der Waals surface area contributed by atoms with Crippen molar-refractivity contribution in [3.05, 3.63) is 29.8 Å². The van der Waals surface area contributed by atoms with E-state index in [-0.39, 0.29) is 24.0 Å². The monoisotopic (exact) mass is 310 g/mol. The van der Waals surface area contributed by atoms with Gasteiger partial charge >= 0.3 is 5.97 Å². The number of nitrogens with one attached hydrogen (secondary N) is 2. The third-order valence-corrected chi connectivity index (χ3v) is 3.48. The normalized spacial score (nSPS) is 9.95. The number of carboxylic acids is 1. The molecule has 1 rings (SSSR count). The van der Waals surface area contributed by atoms with Gasteiger partial charge in [-0.15, -0.1) is 11.8 Å². The molecule has 0 spiro atoms. The number of aliphatic carboxylic acids is 1. The van der Waals surface area contributed by atoms with Gasteiger partial charge in [0.25, 0.3) is 0 Å². The van der Waals surface area contributed by atoms with E-state index in [0.717, 1.165) is 10.5 Å². The second kappa shape index (κ2) is 9.02. The van der Waals surface area contributed by atoms with Gasteiger partial charge < -0.3 is 15.7 Å². The van der Waals surface area contributed by atoms with Crippen molar-refractivity contribution in [1.29, 1.82) is 0 Å². The zero-order valence-electron chi connectivity index (χ0n) is 11.7. The van der Waals surface area contributed by atoms with Crippen molar-refractivity contribution >= 4 is 29.5 Å². The Morgan fingerprint density at radius 3 is 2.29 bits per heavy atom. The van der Waals surface area contributed by atoms with Gasteiger partial charge in [-0.1, -0.05) is 12.1 Å². The number of carboxylic acid groups (broad SMARTS) is 1. The standard InChI is InChI=1S/C14H18N2O4S/c1-10(17)15-6-7-16-13(18)9-21-12-4-2-11(3-5-12)8-14(19)20/h2-5H,6-9H2,1H3,(H,15,17)(H,16,18)(H,19,20). The second-order valence-electron chi connectivity index (χ2n) is 4.34. The molecule has 0 aromatic heterocycles. The lowest BCUT2D eigenvalue weighted by atomic mass is 10.2. The van der Waals surface area contributed by atoms with Gasteiger partial charge in [0.2, 0.25) is 11.8 Å². The Labute approximate surface area is 127 Å². The van der Waals surface area contributed by atoms with E-state index in [4.69, 9.17) is 5.11 Å². The predicted octanol–water partition coefficient (Wildman–Crippen LogP) is 0.658. The number of thioether (sulfide) groups is 1. The number of amides is 2. The first-order chi connectivity index (χ1) is 9.97. The van der Waals surface area contributed by atoms with Gasteiger partial charge in [-0.25, -0.2) is 0 Å². The molecule has 0 bridgehead atoms. The summed E-state index contributed by atoms with van der Waals surface area (Å²) in [5, 5.41) is 13.9. The summed E-state index contributed by atoms with van der Waals surface area (Å²) in [5.74, 6) is -0.827. The molecular weight excluding hydrogens is 292 g/mol. The lowest BCUT2D eigenvalue weighted by Crippen LogP contribution is -2.34. The Hall–Kier alpha value is -2.02. The first-order valence-electron chi connectivity index (χ1n) is 6.42. The van der Waals surface area contributed by atoms with Gasteiger partial charge in [0, 0.05) is 24.9 Å². The third-order valence-electron chi connectivity index (χ3n) is 2.47. The molecular formula is C14H18N2O4S. The average molecular weight is 310 g/mol. The number of rotatable bonds is 8. The molecule has 0 aliphatic carbocycles. The minimum atomic E-state index is -0.867. The highest BCUT2D eigenvalue weighted by molar-refractivity contribution is 8.00. The van der Waals surface area contributed by atoms with E-state index in [9.17, 15) is 14.4 Å². The van der Waals surface area contributed by atoms with Crippen LogP contribution in [0, 0.1) is 0 Å². The minimum Gasteiger partial charge on any atom is -0.481 e. The highest BCUT2D eigenvalue weighted by atomic mass is 32.2.